The Bertz CT molecular complexity index is 406. The van der Waals surface area contributed by atoms with E-state index < -0.39 is 0 Å². The van der Waals surface area contributed by atoms with Crippen LogP contribution in [0.25, 0.3) is 0 Å². The predicted octanol–water partition coefficient (Wildman–Crippen LogP) is 0.645. The van der Waals surface area contributed by atoms with Crippen molar-refractivity contribution in [2.45, 2.75) is 26.4 Å². The lowest BCUT2D eigenvalue weighted by molar-refractivity contribution is 0.233. The van der Waals surface area contributed by atoms with Gasteiger partial charge in [-0.3, -0.25) is 0 Å². The highest BCUT2D eigenvalue weighted by atomic mass is 15.3. The molecule has 1 atom stereocenters. The largest absolute Gasteiger partial charge is 0.354 e. The maximum Gasteiger partial charge on any atom is 0.132 e. The van der Waals surface area contributed by atoms with Crippen molar-refractivity contribution in [3.05, 3.63) is 17.6 Å². The van der Waals surface area contributed by atoms with Gasteiger partial charge in [-0.05, 0) is 27.9 Å². The number of nitrogens with zero attached hydrogens (tertiary/aromatic N) is 4. The molecule has 1 aliphatic heterocycles. The third kappa shape index (κ3) is 2.97. The molecule has 0 bridgehead atoms. The van der Waals surface area contributed by atoms with Gasteiger partial charge in [-0.25, -0.2) is 9.97 Å². The lowest BCUT2D eigenvalue weighted by atomic mass is 10.2. The number of nitrogens with one attached hydrogen (secondary N) is 1. The molecule has 1 saturated heterocycles. The molecule has 100 valence electrons. The van der Waals surface area contributed by atoms with Crippen LogP contribution in [0.3, 0.4) is 0 Å². The van der Waals surface area contributed by atoms with Gasteiger partial charge in [-0.1, -0.05) is 0 Å². The summed E-state index contributed by atoms with van der Waals surface area (Å²) in [5, 5.41) is 3.14. The van der Waals surface area contributed by atoms with Crippen molar-refractivity contribution in [2.24, 2.45) is 0 Å². The molecule has 0 spiro atoms. The molecule has 1 fully saturated rings. The molecule has 0 unspecified atom stereocenters. The van der Waals surface area contributed by atoms with Crippen LogP contribution in [0.15, 0.2) is 6.07 Å². The Kier molecular flexibility index (Phi) is 4.14. The van der Waals surface area contributed by atoms with Crippen molar-refractivity contribution in [3.63, 3.8) is 0 Å². The van der Waals surface area contributed by atoms with Crippen LogP contribution in [0.1, 0.15) is 18.4 Å². The second kappa shape index (κ2) is 5.63. The number of anilines is 1. The Hall–Kier alpha value is -1.20. The number of piperazine rings is 1. The maximum absolute atomic E-state index is 4.57. The summed E-state index contributed by atoms with van der Waals surface area (Å²) >= 11 is 0. The lowest BCUT2D eigenvalue weighted by Crippen LogP contribution is -2.50. The van der Waals surface area contributed by atoms with E-state index in [0.717, 1.165) is 43.5 Å². The molecule has 5 nitrogen and oxygen atoms in total. The highest BCUT2D eigenvalue weighted by Crippen LogP contribution is 2.17. The van der Waals surface area contributed by atoms with Crippen LogP contribution in [-0.4, -0.2) is 54.6 Å². The summed E-state index contributed by atoms with van der Waals surface area (Å²) in [5.74, 6) is 1.91. The summed E-state index contributed by atoms with van der Waals surface area (Å²) in [6, 6.07) is 2.67. The number of aryl methyl sites for hydroxylation is 1. The standard InChI is InChI=1S/C13H23N5/c1-10-9-18(6-5-17(10)4)13-7-12(8-14-3)15-11(2)16-13/h7,10,14H,5-6,8-9H2,1-4H3/t10-/m1/s1. The first-order chi connectivity index (χ1) is 8.60. The van der Waals surface area contributed by atoms with E-state index >= 15 is 0 Å². The van der Waals surface area contributed by atoms with Gasteiger partial charge in [0.2, 0.25) is 0 Å². The molecule has 0 radical (unpaired) electrons. The molecule has 0 aliphatic carbocycles. The molecule has 2 heterocycles. The fraction of sp³-hybridized carbons (Fsp3) is 0.692. The van der Waals surface area contributed by atoms with Crippen molar-refractivity contribution in [1.29, 1.82) is 0 Å². The summed E-state index contributed by atoms with van der Waals surface area (Å²) < 4.78 is 0. The Balaban J connectivity index is 2.17. The molecule has 2 rings (SSSR count). The average Bonchev–Trinajstić information content (AvgIpc) is 2.32. The first kappa shape index (κ1) is 13.2. The third-order valence-electron chi connectivity index (χ3n) is 3.52. The van der Waals surface area contributed by atoms with Crippen LogP contribution < -0.4 is 10.2 Å². The summed E-state index contributed by atoms with van der Waals surface area (Å²) in [7, 11) is 4.12. The van der Waals surface area contributed by atoms with Crippen molar-refractivity contribution in [1.82, 2.24) is 20.2 Å². The van der Waals surface area contributed by atoms with E-state index in [2.05, 4.69) is 45.1 Å². The van der Waals surface area contributed by atoms with E-state index in [1.54, 1.807) is 0 Å². The molecular formula is C13H23N5. The summed E-state index contributed by atoms with van der Waals surface area (Å²) in [6.07, 6.45) is 0. The zero-order chi connectivity index (χ0) is 13.1. The first-order valence-electron chi connectivity index (χ1n) is 6.54. The number of hydrogen-bond acceptors (Lipinski definition) is 5. The van der Waals surface area contributed by atoms with Crippen molar-refractivity contribution >= 4 is 5.82 Å². The van der Waals surface area contributed by atoms with E-state index in [4.69, 9.17) is 0 Å². The maximum atomic E-state index is 4.57. The molecule has 1 aliphatic rings. The fourth-order valence-electron chi connectivity index (χ4n) is 2.30. The minimum atomic E-state index is 0.571. The number of hydrogen-bond donors (Lipinski definition) is 1. The molecule has 0 aromatic carbocycles. The highest BCUT2D eigenvalue weighted by molar-refractivity contribution is 5.40. The summed E-state index contributed by atoms with van der Waals surface area (Å²) in [6.45, 7) is 8.17. The Labute approximate surface area is 109 Å². The van der Waals surface area contributed by atoms with Crippen LogP contribution in [0.4, 0.5) is 5.82 Å². The molecule has 18 heavy (non-hydrogen) atoms. The molecule has 5 heteroatoms. The molecular weight excluding hydrogens is 226 g/mol. The van der Waals surface area contributed by atoms with Gasteiger partial charge < -0.3 is 15.1 Å². The van der Waals surface area contributed by atoms with Gasteiger partial charge in [0, 0.05) is 38.3 Å². The second-order valence-electron chi connectivity index (χ2n) is 5.07. The van der Waals surface area contributed by atoms with Crippen LogP contribution in [0, 0.1) is 6.92 Å². The normalized spacial score (nSPS) is 21.3. The van der Waals surface area contributed by atoms with E-state index in [9.17, 15) is 0 Å². The van der Waals surface area contributed by atoms with Gasteiger partial charge >= 0.3 is 0 Å². The third-order valence-corrected chi connectivity index (χ3v) is 3.52. The highest BCUT2D eigenvalue weighted by Gasteiger charge is 2.22. The average molecular weight is 249 g/mol. The molecule has 1 N–H and O–H groups in total. The zero-order valence-corrected chi connectivity index (χ0v) is 11.8. The predicted molar refractivity (Wildman–Crippen MR) is 73.8 cm³/mol. The summed E-state index contributed by atoms with van der Waals surface area (Å²) in [4.78, 5) is 13.8. The molecule has 0 amide bonds. The van der Waals surface area contributed by atoms with Crippen LogP contribution in [0.2, 0.25) is 0 Å². The van der Waals surface area contributed by atoms with Crippen LogP contribution in [0.5, 0.6) is 0 Å². The summed E-state index contributed by atoms with van der Waals surface area (Å²) in [5.41, 5.74) is 1.06. The van der Waals surface area contributed by atoms with Gasteiger partial charge in [0.15, 0.2) is 0 Å². The Morgan fingerprint density at radius 1 is 1.39 bits per heavy atom. The van der Waals surface area contributed by atoms with Crippen LogP contribution >= 0.6 is 0 Å². The topological polar surface area (TPSA) is 44.3 Å². The minimum Gasteiger partial charge on any atom is -0.354 e. The lowest BCUT2D eigenvalue weighted by Gasteiger charge is -2.38. The van der Waals surface area contributed by atoms with Gasteiger partial charge in [0.25, 0.3) is 0 Å². The van der Waals surface area contributed by atoms with E-state index in [1.165, 1.54) is 0 Å². The minimum absolute atomic E-state index is 0.571. The van der Waals surface area contributed by atoms with Gasteiger partial charge in [0.1, 0.15) is 11.6 Å². The fourth-order valence-corrected chi connectivity index (χ4v) is 2.30. The van der Waals surface area contributed by atoms with Crippen molar-refractivity contribution in [2.75, 3.05) is 38.6 Å². The molecule has 0 saturated carbocycles. The van der Waals surface area contributed by atoms with Gasteiger partial charge in [0.05, 0.1) is 5.69 Å². The zero-order valence-electron chi connectivity index (χ0n) is 11.8. The molecule has 1 aromatic rings. The van der Waals surface area contributed by atoms with Crippen molar-refractivity contribution in [3.8, 4) is 0 Å². The second-order valence-corrected chi connectivity index (χ2v) is 5.07. The van der Waals surface area contributed by atoms with E-state index in [1.807, 2.05) is 14.0 Å². The Morgan fingerprint density at radius 3 is 2.83 bits per heavy atom. The van der Waals surface area contributed by atoms with E-state index in [0.29, 0.717) is 6.04 Å². The number of likely N-dealkylation sites (N-methyl/N-ethyl adjacent to an activating group) is 1. The SMILES string of the molecule is CNCc1cc(N2CCN(C)[C@H](C)C2)nc(C)n1. The van der Waals surface area contributed by atoms with E-state index in [-0.39, 0.29) is 0 Å². The number of rotatable bonds is 3. The Morgan fingerprint density at radius 2 is 2.17 bits per heavy atom. The number of aromatic nitrogens is 2. The van der Waals surface area contributed by atoms with Crippen molar-refractivity contribution < 1.29 is 0 Å². The van der Waals surface area contributed by atoms with Crippen LogP contribution in [-0.2, 0) is 6.54 Å². The first-order valence-corrected chi connectivity index (χ1v) is 6.54. The molecule has 1 aromatic heterocycles. The van der Waals surface area contributed by atoms with Gasteiger partial charge in [-0.15, -0.1) is 0 Å². The van der Waals surface area contributed by atoms with Gasteiger partial charge in [-0.2, -0.15) is 0 Å². The smallest absolute Gasteiger partial charge is 0.132 e. The monoisotopic (exact) mass is 249 g/mol. The quantitative estimate of drug-likeness (QED) is 0.852.